The average Bonchev–Trinajstić information content (AvgIpc) is 2.96. The predicted octanol–water partition coefficient (Wildman–Crippen LogP) is 0.664. The Morgan fingerprint density at radius 3 is 2.76 bits per heavy atom. The number of carbonyl (C=O) groups excluding carboxylic acids is 1. The molecule has 1 aliphatic carbocycles. The first kappa shape index (κ1) is 14.6. The van der Waals surface area contributed by atoms with E-state index in [0.29, 0.717) is 19.8 Å². The van der Waals surface area contributed by atoms with Gasteiger partial charge in [-0.1, -0.05) is 0 Å². The van der Waals surface area contributed by atoms with E-state index in [4.69, 9.17) is 14.6 Å². The van der Waals surface area contributed by atoms with Crippen LogP contribution < -0.4 is 5.14 Å². The number of primary sulfonamides is 1. The lowest BCUT2D eigenvalue weighted by molar-refractivity contribution is 0.0415. The third-order valence-electron chi connectivity index (χ3n) is 3.78. The lowest BCUT2D eigenvalue weighted by Gasteiger charge is -2.10. The number of hydrogen-bond donors (Lipinski definition) is 1. The summed E-state index contributed by atoms with van der Waals surface area (Å²) in [6.07, 6.45) is 4.15. The fourth-order valence-corrected chi connectivity index (χ4v) is 2.95. The maximum absolute atomic E-state index is 12.2. The van der Waals surface area contributed by atoms with Crippen LogP contribution in [0.1, 0.15) is 35.8 Å². The van der Waals surface area contributed by atoms with E-state index in [1.165, 1.54) is 12.3 Å². The van der Waals surface area contributed by atoms with Crippen molar-refractivity contribution in [2.75, 3.05) is 19.8 Å². The van der Waals surface area contributed by atoms with Crippen LogP contribution in [0.15, 0.2) is 17.2 Å². The molecule has 116 valence electrons. The monoisotopic (exact) mass is 314 g/mol. The minimum Gasteiger partial charge on any atom is -0.461 e. The molecule has 1 aromatic heterocycles. The zero-order chi connectivity index (χ0) is 15.0. The summed E-state index contributed by atoms with van der Waals surface area (Å²) in [6.45, 7) is 1.58. The molecule has 1 aromatic rings. The number of esters is 1. The molecular formula is C13H18N2O5S. The normalized spacial score (nSPS) is 22.4. The molecule has 0 radical (unpaired) electrons. The number of carbonyl (C=O) groups is 1. The zero-order valence-corrected chi connectivity index (χ0v) is 12.3. The minimum atomic E-state index is -3.82. The van der Waals surface area contributed by atoms with Crippen LogP contribution in [0, 0.1) is 5.92 Å². The Balaban J connectivity index is 1.76. The topological polar surface area (TPSA) is 101 Å². The molecule has 21 heavy (non-hydrogen) atoms. The highest BCUT2D eigenvalue weighted by Crippen LogP contribution is 2.37. The van der Waals surface area contributed by atoms with Crippen molar-refractivity contribution >= 4 is 16.0 Å². The largest absolute Gasteiger partial charge is 0.461 e. The lowest BCUT2D eigenvalue weighted by Crippen LogP contribution is -2.16. The lowest BCUT2D eigenvalue weighted by atomic mass is 10.1. The van der Waals surface area contributed by atoms with Crippen LogP contribution in [0.5, 0.6) is 0 Å². The highest BCUT2D eigenvalue weighted by atomic mass is 32.2. The van der Waals surface area contributed by atoms with Crippen LogP contribution in [-0.2, 0) is 19.5 Å². The van der Waals surface area contributed by atoms with Crippen molar-refractivity contribution < 1.29 is 22.7 Å². The van der Waals surface area contributed by atoms with Crippen molar-refractivity contribution in [3.63, 3.8) is 0 Å². The van der Waals surface area contributed by atoms with Crippen LogP contribution in [0.25, 0.3) is 0 Å². The van der Waals surface area contributed by atoms with Crippen LogP contribution in [0.4, 0.5) is 0 Å². The fraction of sp³-hybridized carbons (Fsp3) is 0.615. The van der Waals surface area contributed by atoms with Crippen LogP contribution >= 0.6 is 0 Å². The number of nitrogens with two attached hydrogens (primary N) is 1. The van der Waals surface area contributed by atoms with Crippen molar-refractivity contribution in [3.8, 4) is 0 Å². The standard InChI is InChI=1S/C13H18N2O5S/c14-21(17,18)11-5-12(15(6-11)10-1-2-10)13(16)20-8-9-3-4-19-7-9/h5-6,9-10H,1-4,7-8H2,(H2,14,17,18). The van der Waals surface area contributed by atoms with Gasteiger partial charge in [0.2, 0.25) is 10.0 Å². The molecule has 0 aromatic carbocycles. The molecule has 2 fully saturated rings. The van der Waals surface area contributed by atoms with Crippen molar-refractivity contribution in [3.05, 3.63) is 18.0 Å². The SMILES string of the molecule is NS(=O)(=O)c1cc(C(=O)OCC2CCOC2)n(C2CC2)c1. The summed E-state index contributed by atoms with van der Waals surface area (Å²) in [6, 6.07) is 1.46. The van der Waals surface area contributed by atoms with E-state index in [0.717, 1.165) is 19.3 Å². The first-order chi connectivity index (χ1) is 9.95. The summed E-state index contributed by atoms with van der Waals surface area (Å²) in [5.41, 5.74) is 0.250. The molecule has 1 aliphatic heterocycles. The Labute approximate surface area is 123 Å². The summed E-state index contributed by atoms with van der Waals surface area (Å²) in [5.74, 6) is -0.292. The summed E-state index contributed by atoms with van der Waals surface area (Å²) < 4.78 is 35.0. The van der Waals surface area contributed by atoms with E-state index in [1.54, 1.807) is 4.57 Å². The molecule has 1 atom stereocenters. The molecule has 1 saturated carbocycles. The Bertz CT molecular complexity index is 642. The van der Waals surface area contributed by atoms with Gasteiger partial charge in [0.15, 0.2) is 0 Å². The molecule has 3 rings (SSSR count). The van der Waals surface area contributed by atoms with E-state index in [1.807, 2.05) is 0 Å². The number of aromatic nitrogens is 1. The smallest absolute Gasteiger partial charge is 0.355 e. The molecule has 0 amide bonds. The second-order valence-electron chi connectivity index (χ2n) is 5.57. The van der Waals surface area contributed by atoms with Crippen molar-refractivity contribution in [1.29, 1.82) is 0 Å². The van der Waals surface area contributed by atoms with Gasteiger partial charge in [0.25, 0.3) is 0 Å². The van der Waals surface area contributed by atoms with E-state index in [9.17, 15) is 13.2 Å². The predicted molar refractivity (Wildman–Crippen MR) is 73.3 cm³/mol. The Morgan fingerprint density at radius 1 is 1.43 bits per heavy atom. The average molecular weight is 314 g/mol. The van der Waals surface area contributed by atoms with Gasteiger partial charge >= 0.3 is 5.97 Å². The molecule has 8 heteroatoms. The Hall–Kier alpha value is -1.38. The van der Waals surface area contributed by atoms with Crippen molar-refractivity contribution in [1.82, 2.24) is 4.57 Å². The van der Waals surface area contributed by atoms with E-state index in [-0.39, 0.29) is 22.5 Å². The van der Waals surface area contributed by atoms with E-state index in [2.05, 4.69) is 0 Å². The first-order valence-corrected chi connectivity index (χ1v) is 8.49. The highest BCUT2D eigenvalue weighted by molar-refractivity contribution is 7.89. The molecule has 7 nitrogen and oxygen atoms in total. The summed E-state index contributed by atoms with van der Waals surface area (Å²) in [5, 5.41) is 5.12. The molecule has 1 unspecified atom stereocenters. The number of ether oxygens (including phenoxy) is 2. The summed E-state index contributed by atoms with van der Waals surface area (Å²) in [4.78, 5) is 12.1. The van der Waals surface area contributed by atoms with Gasteiger partial charge in [0.1, 0.15) is 10.6 Å². The van der Waals surface area contributed by atoms with E-state index >= 15 is 0 Å². The molecule has 1 saturated heterocycles. The second kappa shape index (κ2) is 5.43. The number of hydrogen-bond acceptors (Lipinski definition) is 5. The highest BCUT2D eigenvalue weighted by Gasteiger charge is 2.30. The molecule has 2 N–H and O–H groups in total. The molecular weight excluding hydrogens is 296 g/mol. The van der Waals surface area contributed by atoms with Gasteiger partial charge in [0, 0.05) is 24.8 Å². The third kappa shape index (κ3) is 3.28. The fourth-order valence-electron chi connectivity index (χ4n) is 2.41. The number of sulfonamides is 1. The van der Waals surface area contributed by atoms with Crippen molar-refractivity contribution in [2.45, 2.75) is 30.2 Å². The maximum atomic E-state index is 12.2. The maximum Gasteiger partial charge on any atom is 0.355 e. The molecule has 2 heterocycles. The van der Waals surface area contributed by atoms with Gasteiger partial charge < -0.3 is 14.0 Å². The molecule has 0 bridgehead atoms. The van der Waals surface area contributed by atoms with Gasteiger partial charge in [-0.05, 0) is 25.3 Å². The zero-order valence-electron chi connectivity index (χ0n) is 11.5. The van der Waals surface area contributed by atoms with Gasteiger partial charge in [0.05, 0.1) is 13.2 Å². The molecule has 0 spiro atoms. The Morgan fingerprint density at radius 2 is 2.19 bits per heavy atom. The van der Waals surface area contributed by atoms with Crippen molar-refractivity contribution in [2.24, 2.45) is 11.1 Å². The van der Waals surface area contributed by atoms with Crippen LogP contribution in [-0.4, -0.2) is 38.8 Å². The van der Waals surface area contributed by atoms with Crippen LogP contribution in [0.3, 0.4) is 0 Å². The number of nitrogens with zero attached hydrogens (tertiary/aromatic N) is 1. The summed E-state index contributed by atoms with van der Waals surface area (Å²) >= 11 is 0. The first-order valence-electron chi connectivity index (χ1n) is 6.94. The third-order valence-corrected chi connectivity index (χ3v) is 4.66. The van der Waals surface area contributed by atoms with Gasteiger partial charge in [-0.3, -0.25) is 0 Å². The van der Waals surface area contributed by atoms with Crippen LogP contribution in [0.2, 0.25) is 0 Å². The molecule has 2 aliphatic rings. The quantitative estimate of drug-likeness (QED) is 0.805. The van der Waals surface area contributed by atoms with Gasteiger partial charge in [-0.25, -0.2) is 18.4 Å². The van der Waals surface area contributed by atoms with E-state index < -0.39 is 16.0 Å². The second-order valence-corrected chi connectivity index (χ2v) is 7.13. The summed E-state index contributed by atoms with van der Waals surface area (Å²) in [7, 11) is -3.82. The Kier molecular flexibility index (Phi) is 3.76. The van der Waals surface area contributed by atoms with Gasteiger partial charge in [-0.15, -0.1) is 0 Å². The van der Waals surface area contributed by atoms with Gasteiger partial charge in [-0.2, -0.15) is 0 Å². The minimum absolute atomic E-state index is 0.0504. The number of rotatable bonds is 5.